The van der Waals surface area contributed by atoms with Gasteiger partial charge in [0.15, 0.2) is 5.96 Å². The van der Waals surface area contributed by atoms with Crippen molar-refractivity contribution in [2.75, 3.05) is 20.3 Å². The van der Waals surface area contributed by atoms with E-state index in [4.69, 9.17) is 25.4 Å². The molecular formula is C49H93N5O6S. The Morgan fingerprint density at radius 2 is 1.21 bits per heavy atom. The zero-order valence-electron chi connectivity index (χ0n) is 40.3. The number of guanidine groups is 1. The quantitative estimate of drug-likeness (QED) is 0.0188. The summed E-state index contributed by atoms with van der Waals surface area (Å²) in [7, 11) is -2.56. The molecule has 1 rings (SSSR count). The number of sulfonamides is 1. The van der Waals surface area contributed by atoms with Crippen LogP contribution in [0.3, 0.4) is 0 Å². The lowest BCUT2D eigenvalue weighted by atomic mass is 10.0. The molecule has 0 aliphatic heterocycles. The van der Waals surface area contributed by atoms with Gasteiger partial charge in [0, 0.05) is 13.2 Å². The molecule has 11 nitrogen and oxygen atoms in total. The minimum absolute atomic E-state index is 0.139. The predicted molar refractivity (Wildman–Crippen MR) is 255 cm³/mol. The van der Waals surface area contributed by atoms with Gasteiger partial charge in [0.1, 0.15) is 18.0 Å². The smallest absolute Gasteiger partial charge is 0.241 e. The molecule has 6 N–H and O–H groups in total. The second-order valence-corrected chi connectivity index (χ2v) is 19.2. The van der Waals surface area contributed by atoms with Gasteiger partial charge < -0.3 is 30.6 Å². The van der Waals surface area contributed by atoms with Crippen LogP contribution in [-0.2, 0) is 24.3 Å². The van der Waals surface area contributed by atoms with E-state index in [0.717, 1.165) is 37.7 Å². The van der Waals surface area contributed by atoms with Crippen molar-refractivity contribution in [1.29, 1.82) is 5.41 Å². The lowest BCUT2D eigenvalue weighted by Gasteiger charge is -2.30. The van der Waals surface area contributed by atoms with Crippen LogP contribution in [-0.4, -0.2) is 65.0 Å². The van der Waals surface area contributed by atoms with Crippen molar-refractivity contribution in [2.45, 2.75) is 251 Å². The first-order chi connectivity index (χ1) is 29.3. The molecule has 3 unspecified atom stereocenters. The number of unbranched alkanes of at least 4 members (excludes halogenated alkanes) is 21. The Kier molecular flexibility index (Phi) is 32.5. The van der Waals surface area contributed by atoms with E-state index in [1.54, 1.807) is 27.0 Å². The molecule has 0 saturated heterocycles. The lowest BCUT2D eigenvalue weighted by molar-refractivity contribution is -0.137. The number of carbonyl (C=O) groups is 1. The van der Waals surface area contributed by atoms with Crippen molar-refractivity contribution in [3.8, 4) is 5.75 Å². The topological polar surface area (TPSA) is 165 Å². The van der Waals surface area contributed by atoms with E-state index in [0.29, 0.717) is 42.9 Å². The highest BCUT2D eigenvalue weighted by molar-refractivity contribution is 7.89. The fraction of sp³-hybridized carbons (Fsp3) is 0.837. The van der Waals surface area contributed by atoms with Gasteiger partial charge in [-0.1, -0.05) is 162 Å². The molecule has 356 valence electrons. The number of nitrogens with one attached hydrogen (secondary N) is 4. The summed E-state index contributed by atoms with van der Waals surface area (Å²) in [4.78, 5) is 14.2. The number of hydrogen-bond acceptors (Lipinski definition) is 7. The standard InChI is InChI=1S/C49H93N5O6S/c1-9-12-14-16-18-20-22-23-24-25-27-29-31-35-44(42(7)59-37-32-30-28-26-21-19-17-15-13-10-2)60-46(11-3)53-48(55)43(34-33-36-52-49(50)51)54-61(56,57)47-39(4)38-45(58-8)40(5)41(47)6/h38,42-44,46,54H,9-37H2,1-8H3,(H,53,55)(H4,50,51,52)/t42?,43-,44?,46?/m0/s1. The zero-order chi connectivity index (χ0) is 45.3. The van der Waals surface area contributed by atoms with Gasteiger partial charge in [0.05, 0.1) is 24.2 Å². The van der Waals surface area contributed by atoms with Crippen molar-refractivity contribution < 1.29 is 27.4 Å². The van der Waals surface area contributed by atoms with Crippen LogP contribution in [0.5, 0.6) is 5.75 Å². The van der Waals surface area contributed by atoms with Crippen molar-refractivity contribution >= 4 is 21.9 Å². The van der Waals surface area contributed by atoms with Crippen LogP contribution < -0.4 is 25.8 Å². The molecule has 61 heavy (non-hydrogen) atoms. The van der Waals surface area contributed by atoms with Crippen LogP contribution in [0.15, 0.2) is 11.0 Å². The second-order valence-electron chi connectivity index (χ2n) is 17.5. The number of nitrogens with two attached hydrogens (primary N) is 1. The van der Waals surface area contributed by atoms with Gasteiger partial charge >= 0.3 is 0 Å². The monoisotopic (exact) mass is 880 g/mol. The summed E-state index contributed by atoms with van der Waals surface area (Å²) < 4.78 is 49.3. The number of hydrogen-bond donors (Lipinski definition) is 5. The molecule has 0 saturated carbocycles. The maximum Gasteiger partial charge on any atom is 0.241 e. The molecule has 1 aromatic rings. The number of rotatable bonds is 40. The van der Waals surface area contributed by atoms with Gasteiger partial charge in [-0.3, -0.25) is 10.2 Å². The Morgan fingerprint density at radius 1 is 0.721 bits per heavy atom. The molecule has 1 amide bonds. The first-order valence-electron chi connectivity index (χ1n) is 24.6. The average Bonchev–Trinajstić information content (AvgIpc) is 3.22. The Labute approximate surface area is 374 Å². The van der Waals surface area contributed by atoms with Gasteiger partial charge in [0.25, 0.3) is 0 Å². The fourth-order valence-corrected chi connectivity index (χ4v) is 9.87. The minimum atomic E-state index is -4.12. The third kappa shape index (κ3) is 25.5. The molecule has 0 fully saturated rings. The largest absolute Gasteiger partial charge is 0.496 e. The molecule has 4 atom stereocenters. The molecule has 0 aliphatic rings. The summed E-state index contributed by atoms with van der Waals surface area (Å²) in [6.07, 6.45) is 30.4. The summed E-state index contributed by atoms with van der Waals surface area (Å²) >= 11 is 0. The van der Waals surface area contributed by atoms with Crippen molar-refractivity contribution in [1.82, 2.24) is 15.4 Å². The maximum atomic E-state index is 14.1. The number of methoxy groups -OCH3 is 1. The van der Waals surface area contributed by atoms with E-state index in [1.165, 1.54) is 122 Å². The molecule has 0 radical (unpaired) electrons. The predicted octanol–water partition coefficient (Wildman–Crippen LogP) is 11.6. The molecule has 0 bridgehead atoms. The third-order valence-electron chi connectivity index (χ3n) is 12.1. The van der Waals surface area contributed by atoms with Gasteiger partial charge in [-0.2, -0.15) is 4.72 Å². The van der Waals surface area contributed by atoms with Crippen LogP contribution in [0, 0.1) is 26.2 Å². The lowest BCUT2D eigenvalue weighted by Crippen LogP contribution is -2.51. The average molecular weight is 880 g/mol. The molecule has 12 heteroatoms. The van der Waals surface area contributed by atoms with E-state index in [-0.39, 0.29) is 29.5 Å². The Bertz CT molecular complexity index is 1410. The highest BCUT2D eigenvalue weighted by Crippen LogP contribution is 2.31. The molecule has 0 aromatic heterocycles. The van der Waals surface area contributed by atoms with Crippen molar-refractivity contribution in [3.63, 3.8) is 0 Å². The summed E-state index contributed by atoms with van der Waals surface area (Å²) in [6, 6.07) is 0.628. The Balaban J connectivity index is 2.96. The van der Waals surface area contributed by atoms with Crippen LogP contribution in [0.1, 0.15) is 218 Å². The second kappa shape index (κ2) is 35.0. The zero-order valence-corrected chi connectivity index (χ0v) is 41.1. The maximum absolute atomic E-state index is 14.1. The fourth-order valence-electron chi connectivity index (χ4n) is 8.11. The van der Waals surface area contributed by atoms with Gasteiger partial charge in [-0.25, -0.2) is 8.42 Å². The summed E-state index contributed by atoms with van der Waals surface area (Å²) in [5.41, 5.74) is 7.31. The van der Waals surface area contributed by atoms with Crippen LogP contribution in [0.2, 0.25) is 0 Å². The minimum Gasteiger partial charge on any atom is -0.496 e. The highest BCUT2D eigenvalue weighted by atomic mass is 32.2. The molecular weight excluding hydrogens is 787 g/mol. The van der Waals surface area contributed by atoms with E-state index in [2.05, 4.69) is 36.1 Å². The Morgan fingerprint density at radius 3 is 1.69 bits per heavy atom. The number of aryl methyl sites for hydroxylation is 1. The first kappa shape index (κ1) is 56.6. The summed E-state index contributed by atoms with van der Waals surface area (Å²) in [5, 5.41) is 13.3. The van der Waals surface area contributed by atoms with Gasteiger partial charge in [-0.15, -0.1) is 0 Å². The van der Waals surface area contributed by atoms with Crippen LogP contribution in [0.25, 0.3) is 0 Å². The number of ether oxygens (including phenoxy) is 3. The summed E-state index contributed by atoms with van der Waals surface area (Å²) in [6.45, 7) is 14.9. The molecule has 0 spiro atoms. The van der Waals surface area contributed by atoms with Crippen LogP contribution in [0.4, 0.5) is 0 Å². The highest BCUT2D eigenvalue weighted by Gasteiger charge is 2.31. The number of amides is 1. The Hall–Kier alpha value is -2.41. The van der Waals surface area contributed by atoms with E-state index in [1.807, 2.05) is 13.8 Å². The normalized spacial score (nSPS) is 13.8. The molecule has 1 aromatic carbocycles. The molecule has 0 aliphatic carbocycles. The van der Waals surface area contributed by atoms with Crippen LogP contribution >= 0.6 is 0 Å². The van der Waals surface area contributed by atoms with Gasteiger partial charge in [0.2, 0.25) is 15.9 Å². The number of carbonyl (C=O) groups excluding carboxylic acids is 1. The third-order valence-corrected chi connectivity index (χ3v) is 13.8. The first-order valence-corrected chi connectivity index (χ1v) is 26.1. The van der Waals surface area contributed by atoms with Crippen molar-refractivity contribution in [2.24, 2.45) is 5.73 Å². The molecule has 0 heterocycles. The van der Waals surface area contributed by atoms with E-state index < -0.39 is 28.2 Å². The van der Waals surface area contributed by atoms with E-state index in [9.17, 15) is 13.2 Å². The van der Waals surface area contributed by atoms with Gasteiger partial charge in [-0.05, 0) is 82.6 Å². The number of benzene rings is 1. The van der Waals surface area contributed by atoms with E-state index >= 15 is 0 Å². The SMILES string of the molecule is CCCCCCCCCCCCCCCC(OC(CC)NC(=O)[C@H](CCCNC(=N)N)NS(=O)(=O)c1c(C)cc(OC)c(C)c1C)C(C)OCCCCCCCCCCCC. The summed E-state index contributed by atoms with van der Waals surface area (Å²) in [5.74, 6) is -0.0333. The van der Waals surface area contributed by atoms with Crippen molar-refractivity contribution in [3.05, 3.63) is 22.8 Å².